The third kappa shape index (κ3) is 2.64. The van der Waals surface area contributed by atoms with Gasteiger partial charge in [-0.2, -0.15) is 0 Å². The number of anilines is 2. The van der Waals surface area contributed by atoms with E-state index >= 15 is 0 Å². The number of pyridine rings is 1. The largest absolute Gasteiger partial charge is 0.340 e. The third-order valence-electron chi connectivity index (χ3n) is 8.03. The lowest BCUT2D eigenvalue weighted by Gasteiger charge is -2.20. The van der Waals surface area contributed by atoms with Crippen molar-refractivity contribution in [3.8, 4) is 0 Å². The van der Waals surface area contributed by atoms with Gasteiger partial charge in [0.1, 0.15) is 11.6 Å². The number of rotatable bonds is 2. The zero-order valence-electron chi connectivity index (χ0n) is 19.4. The van der Waals surface area contributed by atoms with Gasteiger partial charge in [-0.05, 0) is 66.3 Å². The average Bonchev–Trinajstić information content (AvgIpc) is 3.57. The summed E-state index contributed by atoms with van der Waals surface area (Å²) in [5.74, 6) is 1.66. The number of aromatic amines is 1. The summed E-state index contributed by atoms with van der Waals surface area (Å²) in [6.45, 7) is 0.610. The predicted octanol–water partition coefficient (Wildman–Crippen LogP) is 3.83. The second-order valence-electron chi connectivity index (χ2n) is 10.1. The minimum Gasteiger partial charge on any atom is -0.340 e. The van der Waals surface area contributed by atoms with Gasteiger partial charge in [0, 0.05) is 29.8 Å². The molecule has 1 atom stereocenters. The topological polar surface area (TPSA) is 105 Å². The van der Waals surface area contributed by atoms with Crippen LogP contribution in [0, 0.1) is 0 Å². The monoisotopic (exact) mass is 474 g/mol. The summed E-state index contributed by atoms with van der Waals surface area (Å²) in [4.78, 5) is 37.9. The molecule has 3 aromatic heterocycles. The second-order valence-corrected chi connectivity index (χ2v) is 10.1. The quantitative estimate of drug-likeness (QED) is 0.362. The molecule has 0 radical (unpaired) electrons. The van der Waals surface area contributed by atoms with Gasteiger partial charge >= 0.3 is 0 Å². The highest BCUT2D eigenvalue weighted by Crippen LogP contribution is 2.47. The standard InChI is InChI=1S/C28H22N6O2/c35-24-7-6-15-13-34(22-5-1-4-19(32-24)25(15)22)14-23-30-20-9-16-11-28(12-17(16)10-21(20)31-23)18-3-2-8-29-26(18)33-27(28)36/h1-5,8-10,13H,6-7,11-12,14H2,(H,30,31)(H,32,35)(H,29,33,36). The SMILES string of the molecule is O=C1CCc2cn(Cc3nc4cc5c(cc4[nH]3)CC3(C5)C(=O)Nc4ncccc43)c3cccc(c23)N1. The van der Waals surface area contributed by atoms with Crippen molar-refractivity contribution >= 4 is 45.3 Å². The van der Waals surface area contributed by atoms with Crippen LogP contribution in [-0.4, -0.2) is 31.3 Å². The van der Waals surface area contributed by atoms with E-state index in [0.717, 1.165) is 45.4 Å². The van der Waals surface area contributed by atoms with Crippen molar-refractivity contribution in [1.82, 2.24) is 19.5 Å². The first kappa shape index (κ1) is 19.8. The van der Waals surface area contributed by atoms with Crippen LogP contribution in [0.4, 0.5) is 11.5 Å². The number of carbonyl (C=O) groups is 2. The molecular formula is C28H22N6O2. The Bertz CT molecular complexity index is 1740. The Morgan fingerprint density at radius 2 is 1.86 bits per heavy atom. The van der Waals surface area contributed by atoms with Crippen LogP contribution in [-0.2, 0) is 40.8 Å². The molecule has 3 aliphatic rings. The number of benzene rings is 2. The highest BCUT2D eigenvalue weighted by molar-refractivity contribution is 6.07. The maximum atomic E-state index is 13.0. The number of nitrogens with one attached hydrogen (secondary N) is 3. The Labute approximate surface area is 205 Å². The number of H-pyrrole nitrogens is 1. The summed E-state index contributed by atoms with van der Waals surface area (Å²) in [5.41, 5.74) is 7.82. The number of amides is 2. The molecule has 5 aromatic rings. The van der Waals surface area contributed by atoms with Crippen LogP contribution in [0.3, 0.4) is 0 Å². The fourth-order valence-electron chi connectivity index (χ4n) is 6.39. The lowest BCUT2D eigenvalue weighted by atomic mass is 9.79. The van der Waals surface area contributed by atoms with Gasteiger partial charge in [0.25, 0.3) is 0 Å². The minimum atomic E-state index is -0.577. The molecule has 8 rings (SSSR count). The Balaban J connectivity index is 1.15. The molecule has 2 aliphatic heterocycles. The van der Waals surface area contributed by atoms with Crippen LogP contribution < -0.4 is 10.6 Å². The van der Waals surface area contributed by atoms with E-state index < -0.39 is 5.41 Å². The van der Waals surface area contributed by atoms with Crippen molar-refractivity contribution in [2.45, 2.75) is 37.6 Å². The van der Waals surface area contributed by atoms with Crippen LogP contribution in [0.2, 0.25) is 0 Å². The van der Waals surface area contributed by atoms with Crippen molar-refractivity contribution in [3.63, 3.8) is 0 Å². The molecule has 1 unspecified atom stereocenters. The molecule has 1 aliphatic carbocycles. The number of nitrogens with zero attached hydrogens (tertiary/aromatic N) is 3. The first-order chi connectivity index (χ1) is 17.6. The minimum absolute atomic E-state index is 0.0312. The number of imidazole rings is 1. The molecule has 2 amide bonds. The summed E-state index contributed by atoms with van der Waals surface area (Å²) in [7, 11) is 0. The number of fused-ring (bicyclic) bond motifs is 4. The Kier molecular flexibility index (Phi) is 3.75. The van der Waals surface area contributed by atoms with Gasteiger partial charge in [0.15, 0.2) is 0 Å². The smallest absolute Gasteiger partial charge is 0.237 e. The van der Waals surface area contributed by atoms with Gasteiger partial charge in [-0.15, -0.1) is 0 Å². The lowest BCUT2D eigenvalue weighted by molar-refractivity contribution is -0.120. The summed E-state index contributed by atoms with van der Waals surface area (Å²) >= 11 is 0. The molecular weight excluding hydrogens is 452 g/mol. The Morgan fingerprint density at radius 3 is 2.78 bits per heavy atom. The maximum absolute atomic E-state index is 13.0. The molecule has 0 saturated carbocycles. The van der Waals surface area contributed by atoms with Crippen LogP contribution in [0.15, 0.2) is 54.9 Å². The number of carbonyl (C=O) groups excluding carboxylic acids is 2. The normalized spacial score (nSPS) is 17.3. The fourth-order valence-corrected chi connectivity index (χ4v) is 6.39. The van der Waals surface area contributed by atoms with Crippen LogP contribution in [0.25, 0.3) is 21.9 Å². The molecule has 36 heavy (non-hydrogen) atoms. The molecule has 8 nitrogen and oxygen atoms in total. The summed E-state index contributed by atoms with van der Waals surface area (Å²) in [6.07, 6.45) is 6.41. The van der Waals surface area contributed by atoms with E-state index in [-0.39, 0.29) is 11.8 Å². The highest BCUT2D eigenvalue weighted by Gasteiger charge is 2.51. The van der Waals surface area contributed by atoms with E-state index in [1.807, 2.05) is 24.3 Å². The van der Waals surface area contributed by atoms with E-state index in [4.69, 9.17) is 4.98 Å². The van der Waals surface area contributed by atoms with Gasteiger partial charge in [-0.25, -0.2) is 9.97 Å². The van der Waals surface area contributed by atoms with Gasteiger partial charge in [0.2, 0.25) is 11.8 Å². The molecule has 8 heteroatoms. The number of aryl methyl sites for hydroxylation is 1. The summed E-state index contributed by atoms with van der Waals surface area (Å²) in [5, 5.41) is 7.12. The van der Waals surface area contributed by atoms with Crippen molar-refractivity contribution in [3.05, 3.63) is 82.9 Å². The zero-order valence-corrected chi connectivity index (χ0v) is 19.4. The number of hydrogen-bond donors (Lipinski definition) is 3. The van der Waals surface area contributed by atoms with E-state index in [2.05, 4.69) is 49.6 Å². The third-order valence-corrected chi connectivity index (χ3v) is 8.03. The molecule has 0 saturated heterocycles. The summed E-state index contributed by atoms with van der Waals surface area (Å²) in [6, 6.07) is 14.2. The van der Waals surface area contributed by atoms with Crippen LogP contribution in [0.5, 0.6) is 0 Å². The second kappa shape index (κ2) is 6.81. The molecule has 176 valence electrons. The van der Waals surface area contributed by atoms with Gasteiger partial charge in [-0.3, -0.25) is 9.59 Å². The fraction of sp³-hybridized carbons (Fsp3) is 0.214. The predicted molar refractivity (Wildman–Crippen MR) is 136 cm³/mol. The van der Waals surface area contributed by atoms with E-state index in [1.54, 1.807) is 6.20 Å². The van der Waals surface area contributed by atoms with Crippen LogP contribution >= 0.6 is 0 Å². The number of hydrogen-bond acceptors (Lipinski definition) is 4. The average molecular weight is 475 g/mol. The van der Waals surface area contributed by atoms with Crippen LogP contribution in [0.1, 0.15) is 34.5 Å². The first-order valence-electron chi connectivity index (χ1n) is 12.3. The van der Waals surface area contributed by atoms with Gasteiger partial charge < -0.3 is 20.2 Å². The van der Waals surface area contributed by atoms with Gasteiger partial charge in [0.05, 0.1) is 34.2 Å². The first-order valence-corrected chi connectivity index (χ1v) is 12.3. The number of aromatic nitrogens is 4. The van der Waals surface area contributed by atoms with Crippen molar-refractivity contribution in [1.29, 1.82) is 0 Å². The van der Waals surface area contributed by atoms with E-state index in [0.29, 0.717) is 31.6 Å². The van der Waals surface area contributed by atoms with Crippen molar-refractivity contribution in [2.24, 2.45) is 0 Å². The molecule has 2 aromatic carbocycles. The maximum Gasteiger partial charge on any atom is 0.237 e. The lowest BCUT2D eigenvalue weighted by Crippen LogP contribution is -2.35. The molecule has 0 bridgehead atoms. The molecule has 1 spiro atoms. The Morgan fingerprint density at radius 1 is 0.972 bits per heavy atom. The molecule has 3 N–H and O–H groups in total. The molecule has 0 fully saturated rings. The van der Waals surface area contributed by atoms with E-state index in [1.165, 1.54) is 16.7 Å². The molecule has 5 heterocycles. The zero-order chi connectivity index (χ0) is 24.0. The van der Waals surface area contributed by atoms with Gasteiger partial charge in [-0.1, -0.05) is 12.1 Å². The summed E-state index contributed by atoms with van der Waals surface area (Å²) < 4.78 is 2.21. The van der Waals surface area contributed by atoms with E-state index in [9.17, 15) is 9.59 Å². The van der Waals surface area contributed by atoms with Crippen molar-refractivity contribution in [2.75, 3.05) is 10.6 Å². The highest BCUT2D eigenvalue weighted by atomic mass is 16.2. The van der Waals surface area contributed by atoms with Crippen molar-refractivity contribution < 1.29 is 9.59 Å². The Hall–Kier alpha value is -4.46.